The van der Waals surface area contributed by atoms with Gasteiger partial charge in [0.15, 0.2) is 0 Å². The first-order valence-electron chi connectivity index (χ1n) is 3.57. The fourth-order valence-electron chi connectivity index (χ4n) is 0.773. The molecule has 0 spiro atoms. The molecule has 0 aliphatic rings. The highest BCUT2D eigenvalue weighted by molar-refractivity contribution is 6.14. The Morgan fingerprint density at radius 2 is 2.31 bits per heavy atom. The molecule has 5 heteroatoms. The minimum Gasteiger partial charge on any atom is -0.399 e. The zero-order valence-corrected chi connectivity index (χ0v) is 6.79. The standard InChI is InChI=1S/C8H9FN4/c9-7-2-1-6(11)5-8(7)13-12-4-3-10/h1-5,10,13H,11H2. The number of hydrazone groups is 1. The Balaban J connectivity index is 2.81. The van der Waals surface area contributed by atoms with Gasteiger partial charge in [-0.05, 0) is 18.2 Å². The van der Waals surface area contributed by atoms with E-state index in [-0.39, 0.29) is 5.69 Å². The van der Waals surface area contributed by atoms with E-state index in [9.17, 15) is 4.39 Å². The Labute approximate surface area is 74.8 Å². The van der Waals surface area contributed by atoms with E-state index in [1.54, 1.807) is 0 Å². The molecule has 13 heavy (non-hydrogen) atoms. The average molecular weight is 180 g/mol. The van der Waals surface area contributed by atoms with Crippen LogP contribution in [-0.2, 0) is 0 Å². The van der Waals surface area contributed by atoms with Crippen LogP contribution >= 0.6 is 0 Å². The predicted octanol–water partition coefficient (Wildman–Crippen LogP) is 1.46. The number of rotatable bonds is 3. The second-order valence-electron chi connectivity index (χ2n) is 2.30. The van der Waals surface area contributed by atoms with Gasteiger partial charge in [-0.3, -0.25) is 5.43 Å². The van der Waals surface area contributed by atoms with Gasteiger partial charge in [0.25, 0.3) is 0 Å². The summed E-state index contributed by atoms with van der Waals surface area (Å²) in [5.74, 6) is -0.434. The number of hydrogen-bond acceptors (Lipinski definition) is 4. The lowest BCUT2D eigenvalue weighted by molar-refractivity contribution is 0.631. The second kappa shape index (κ2) is 4.20. The fourth-order valence-corrected chi connectivity index (χ4v) is 0.773. The van der Waals surface area contributed by atoms with Gasteiger partial charge in [-0.15, -0.1) is 0 Å². The molecule has 0 aliphatic carbocycles. The molecule has 0 saturated heterocycles. The van der Waals surface area contributed by atoms with Crippen LogP contribution in [0.3, 0.4) is 0 Å². The maximum absolute atomic E-state index is 12.9. The molecule has 1 aromatic carbocycles. The number of benzene rings is 1. The van der Waals surface area contributed by atoms with Crippen LogP contribution in [0.5, 0.6) is 0 Å². The molecule has 0 unspecified atom stereocenters. The smallest absolute Gasteiger partial charge is 0.148 e. The fraction of sp³-hybridized carbons (Fsp3) is 0. The van der Waals surface area contributed by atoms with Gasteiger partial charge in [-0.25, -0.2) is 4.39 Å². The highest BCUT2D eigenvalue weighted by Crippen LogP contribution is 2.16. The molecule has 4 nitrogen and oxygen atoms in total. The molecule has 0 fully saturated rings. The molecule has 68 valence electrons. The van der Waals surface area contributed by atoms with Crippen molar-refractivity contribution in [3.8, 4) is 0 Å². The minimum absolute atomic E-state index is 0.193. The molecular weight excluding hydrogens is 171 g/mol. The molecule has 4 N–H and O–H groups in total. The third-order valence-electron chi connectivity index (χ3n) is 1.32. The van der Waals surface area contributed by atoms with Crippen molar-refractivity contribution in [1.82, 2.24) is 0 Å². The molecule has 0 bridgehead atoms. The van der Waals surface area contributed by atoms with Crippen LogP contribution in [0.1, 0.15) is 0 Å². The summed E-state index contributed by atoms with van der Waals surface area (Å²) in [6, 6.07) is 4.13. The highest BCUT2D eigenvalue weighted by Gasteiger charge is 1.99. The second-order valence-corrected chi connectivity index (χ2v) is 2.30. The van der Waals surface area contributed by atoms with Crippen LogP contribution in [0.2, 0.25) is 0 Å². The Morgan fingerprint density at radius 3 is 3.00 bits per heavy atom. The maximum Gasteiger partial charge on any atom is 0.148 e. The van der Waals surface area contributed by atoms with Gasteiger partial charge in [-0.2, -0.15) is 5.10 Å². The van der Waals surface area contributed by atoms with Crippen LogP contribution in [0.15, 0.2) is 23.3 Å². The largest absolute Gasteiger partial charge is 0.399 e. The van der Waals surface area contributed by atoms with E-state index in [1.807, 2.05) is 0 Å². The summed E-state index contributed by atoms with van der Waals surface area (Å²) in [6.07, 6.45) is 2.18. The maximum atomic E-state index is 12.9. The van der Waals surface area contributed by atoms with E-state index in [2.05, 4.69) is 10.5 Å². The molecule has 0 amide bonds. The van der Waals surface area contributed by atoms with Crippen LogP contribution in [0.25, 0.3) is 0 Å². The molecule has 1 rings (SSSR count). The van der Waals surface area contributed by atoms with Crippen molar-refractivity contribution in [1.29, 1.82) is 5.41 Å². The third-order valence-corrected chi connectivity index (χ3v) is 1.32. The number of nitrogens with one attached hydrogen (secondary N) is 2. The summed E-state index contributed by atoms with van der Waals surface area (Å²) in [5, 5.41) is 10.2. The Hall–Kier alpha value is -1.91. The molecule has 0 aromatic heterocycles. The van der Waals surface area contributed by atoms with Crippen LogP contribution in [0, 0.1) is 11.2 Å². The van der Waals surface area contributed by atoms with E-state index in [4.69, 9.17) is 11.1 Å². The number of nitrogens with zero attached hydrogens (tertiary/aromatic N) is 1. The van der Waals surface area contributed by atoms with Crippen molar-refractivity contribution < 1.29 is 4.39 Å². The SMILES string of the molecule is N=CC=NNc1cc(N)ccc1F. The first-order valence-corrected chi connectivity index (χ1v) is 3.57. The number of nitrogen functional groups attached to an aromatic ring is 1. The molecule has 0 radical (unpaired) electrons. The summed E-state index contributed by atoms with van der Waals surface area (Å²) in [5.41, 5.74) is 8.49. The van der Waals surface area contributed by atoms with E-state index in [0.717, 1.165) is 6.21 Å². The van der Waals surface area contributed by atoms with E-state index in [0.29, 0.717) is 5.69 Å². The normalized spacial score (nSPS) is 10.2. The monoisotopic (exact) mass is 180 g/mol. The molecule has 0 saturated carbocycles. The van der Waals surface area contributed by atoms with Crippen molar-refractivity contribution >= 4 is 23.8 Å². The summed E-state index contributed by atoms with van der Waals surface area (Å²) < 4.78 is 12.9. The van der Waals surface area contributed by atoms with Crippen LogP contribution in [-0.4, -0.2) is 12.4 Å². The van der Waals surface area contributed by atoms with Crippen LogP contribution < -0.4 is 11.2 Å². The Kier molecular flexibility index (Phi) is 2.97. The number of hydrogen-bond donors (Lipinski definition) is 3. The van der Waals surface area contributed by atoms with Gasteiger partial charge >= 0.3 is 0 Å². The molecular formula is C8H9FN4. The first kappa shape index (κ1) is 9.18. The summed E-state index contributed by atoms with van der Waals surface area (Å²) in [7, 11) is 0. The van der Waals surface area contributed by atoms with Gasteiger partial charge in [0.2, 0.25) is 0 Å². The van der Waals surface area contributed by atoms with Crippen molar-refractivity contribution in [2.45, 2.75) is 0 Å². The number of anilines is 2. The van der Waals surface area contributed by atoms with Gasteiger partial charge < -0.3 is 11.1 Å². The number of halogens is 1. The quantitative estimate of drug-likeness (QED) is 0.374. The first-order chi connectivity index (χ1) is 6.24. The summed E-state index contributed by atoms with van der Waals surface area (Å²) >= 11 is 0. The molecule has 0 atom stereocenters. The van der Waals surface area contributed by atoms with E-state index in [1.165, 1.54) is 24.4 Å². The third kappa shape index (κ3) is 2.55. The topological polar surface area (TPSA) is 74.3 Å². The van der Waals surface area contributed by atoms with Crippen molar-refractivity contribution in [3.05, 3.63) is 24.0 Å². The summed E-state index contributed by atoms with van der Waals surface area (Å²) in [4.78, 5) is 0. The molecule has 1 aromatic rings. The van der Waals surface area contributed by atoms with Crippen LogP contribution in [0.4, 0.5) is 15.8 Å². The van der Waals surface area contributed by atoms with Gasteiger partial charge in [0.1, 0.15) is 5.82 Å². The van der Waals surface area contributed by atoms with Crippen molar-refractivity contribution in [2.75, 3.05) is 11.2 Å². The minimum atomic E-state index is -0.434. The summed E-state index contributed by atoms with van der Waals surface area (Å²) in [6.45, 7) is 0. The van der Waals surface area contributed by atoms with Gasteiger partial charge in [-0.1, -0.05) is 0 Å². The van der Waals surface area contributed by atoms with E-state index >= 15 is 0 Å². The lowest BCUT2D eigenvalue weighted by Crippen LogP contribution is -1.95. The van der Waals surface area contributed by atoms with Gasteiger partial charge in [0, 0.05) is 11.9 Å². The predicted molar refractivity (Wildman–Crippen MR) is 51.7 cm³/mol. The van der Waals surface area contributed by atoms with Crippen molar-refractivity contribution in [3.63, 3.8) is 0 Å². The Bertz CT molecular complexity index is 335. The number of nitrogens with two attached hydrogens (primary N) is 1. The Morgan fingerprint density at radius 1 is 1.54 bits per heavy atom. The zero-order chi connectivity index (χ0) is 9.68. The highest BCUT2D eigenvalue weighted by atomic mass is 19.1. The molecule has 0 heterocycles. The zero-order valence-electron chi connectivity index (χ0n) is 6.79. The van der Waals surface area contributed by atoms with E-state index < -0.39 is 5.82 Å². The lowest BCUT2D eigenvalue weighted by atomic mass is 10.3. The van der Waals surface area contributed by atoms with Crippen molar-refractivity contribution in [2.24, 2.45) is 5.10 Å². The lowest BCUT2D eigenvalue weighted by Gasteiger charge is -2.01. The molecule has 0 aliphatic heterocycles. The average Bonchev–Trinajstić information content (AvgIpc) is 2.11. The van der Waals surface area contributed by atoms with Gasteiger partial charge in [0.05, 0.1) is 11.9 Å².